The topological polar surface area (TPSA) is 20.2 Å². The smallest absolute Gasteiger partial charge is 0.0491 e. The van der Waals surface area contributed by atoms with Crippen LogP contribution in [0.25, 0.3) is 0 Å². The molecule has 0 fully saturated rings. The molecule has 0 aromatic heterocycles. The van der Waals surface area contributed by atoms with E-state index in [1.807, 2.05) is 6.92 Å². The summed E-state index contributed by atoms with van der Waals surface area (Å²) in [5.74, 6) is 0.320. The molecule has 1 N–H and O–H groups in total. The first kappa shape index (κ1) is 19.4. The van der Waals surface area contributed by atoms with Gasteiger partial charge in [0.1, 0.15) is 0 Å². The summed E-state index contributed by atoms with van der Waals surface area (Å²) >= 11 is 0. The molecule has 0 saturated carbocycles. The molecule has 0 amide bonds. The fourth-order valence-electron chi connectivity index (χ4n) is 2.18. The lowest BCUT2D eigenvalue weighted by atomic mass is 10.1. The average Bonchev–Trinajstić information content (AvgIpc) is 2.47. The van der Waals surface area contributed by atoms with Crippen LogP contribution < -0.4 is 0 Å². The fourth-order valence-corrected chi connectivity index (χ4v) is 2.18. The van der Waals surface area contributed by atoms with E-state index in [0.717, 1.165) is 0 Å². The van der Waals surface area contributed by atoms with Crippen LogP contribution in [0.5, 0.6) is 0 Å². The third-order valence-corrected chi connectivity index (χ3v) is 3.64. The third kappa shape index (κ3) is 15.5. The highest BCUT2D eigenvalue weighted by Crippen LogP contribution is 2.10. The van der Waals surface area contributed by atoms with Gasteiger partial charge in [-0.2, -0.15) is 0 Å². The van der Waals surface area contributed by atoms with E-state index in [1.165, 1.54) is 70.6 Å². The molecular formula is C19H36O. The van der Waals surface area contributed by atoms with E-state index in [2.05, 4.69) is 31.2 Å². The first-order chi connectivity index (χ1) is 9.81. The molecule has 0 spiro atoms. The largest absolute Gasteiger partial charge is 0.396 e. The molecule has 0 radical (unpaired) electrons. The predicted molar refractivity (Wildman–Crippen MR) is 91.0 cm³/mol. The van der Waals surface area contributed by atoms with Gasteiger partial charge >= 0.3 is 0 Å². The summed E-state index contributed by atoms with van der Waals surface area (Å²) in [7, 11) is 0. The molecule has 20 heavy (non-hydrogen) atoms. The summed E-state index contributed by atoms with van der Waals surface area (Å²) in [6.07, 6.45) is 23.6. The molecule has 118 valence electrons. The molecule has 0 heterocycles. The first-order valence-electron chi connectivity index (χ1n) is 8.73. The molecular weight excluding hydrogens is 244 g/mol. The van der Waals surface area contributed by atoms with Gasteiger partial charge < -0.3 is 5.11 Å². The molecule has 1 nitrogen and oxygen atoms in total. The minimum absolute atomic E-state index is 0.267. The average molecular weight is 280 g/mol. The normalized spacial score (nSPS) is 13.6. The standard InChI is InChI=1S/C19H36O/c1-3-4-5-6-7-8-9-10-11-12-13-14-15-16-17-19(2)18-20/h6-7,16-17,19-20H,3-5,8-15,18H2,1-2H3/b7-6-,17-16-. The van der Waals surface area contributed by atoms with Gasteiger partial charge in [-0.15, -0.1) is 0 Å². The van der Waals surface area contributed by atoms with Crippen molar-refractivity contribution < 1.29 is 5.11 Å². The number of aliphatic hydroxyl groups excluding tert-OH is 1. The van der Waals surface area contributed by atoms with Crippen molar-refractivity contribution in [3.63, 3.8) is 0 Å². The molecule has 0 aromatic carbocycles. The van der Waals surface area contributed by atoms with Crippen molar-refractivity contribution in [2.75, 3.05) is 6.61 Å². The highest BCUT2D eigenvalue weighted by molar-refractivity contribution is 4.85. The van der Waals surface area contributed by atoms with E-state index in [1.54, 1.807) is 0 Å². The molecule has 0 rings (SSSR count). The van der Waals surface area contributed by atoms with Crippen LogP contribution in [0.3, 0.4) is 0 Å². The maximum atomic E-state index is 8.88. The number of hydrogen-bond donors (Lipinski definition) is 1. The van der Waals surface area contributed by atoms with Gasteiger partial charge in [0.25, 0.3) is 0 Å². The Kier molecular flexibility index (Phi) is 16.0. The van der Waals surface area contributed by atoms with Crippen LogP contribution in [-0.2, 0) is 0 Å². The van der Waals surface area contributed by atoms with Gasteiger partial charge in [0, 0.05) is 6.61 Å². The Morgan fingerprint density at radius 1 is 0.750 bits per heavy atom. The Hall–Kier alpha value is -0.560. The Bertz CT molecular complexity index is 230. The van der Waals surface area contributed by atoms with Crippen molar-refractivity contribution in [3.05, 3.63) is 24.3 Å². The molecule has 0 aliphatic carbocycles. The number of hydrogen-bond acceptors (Lipinski definition) is 1. The minimum Gasteiger partial charge on any atom is -0.396 e. The third-order valence-electron chi connectivity index (χ3n) is 3.64. The van der Waals surface area contributed by atoms with E-state index in [9.17, 15) is 0 Å². The van der Waals surface area contributed by atoms with Crippen LogP contribution in [0.4, 0.5) is 0 Å². The van der Waals surface area contributed by atoms with E-state index in [0.29, 0.717) is 5.92 Å². The van der Waals surface area contributed by atoms with Crippen molar-refractivity contribution in [2.45, 2.75) is 84.5 Å². The molecule has 0 saturated heterocycles. The van der Waals surface area contributed by atoms with Crippen molar-refractivity contribution >= 4 is 0 Å². The van der Waals surface area contributed by atoms with Crippen molar-refractivity contribution in [3.8, 4) is 0 Å². The van der Waals surface area contributed by atoms with E-state index in [4.69, 9.17) is 5.11 Å². The Balaban J connectivity index is 3.13. The SMILES string of the molecule is CCCC/C=C\CCCCCCCC/C=C\C(C)CO. The second kappa shape index (κ2) is 16.5. The highest BCUT2D eigenvalue weighted by atomic mass is 16.3. The quantitative estimate of drug-likeness (QED) is 0.304. The van der Waals surface area contributed by atoms with Crippen LogP contribution in [0, 0.1) is 5.92 Å². The summed E-state index contributed by atoms with van der Waals surface area (Å²) in [6, 6.07) is 0. The van der Waals surface area contributed by atoms with Crippen LogP contribution >= 0.6 is 0 Å². The summed E-state index contributed by atoms with van der Waals surface area (Å²) in [5.41, 5.74) is 0. The number of rotatable bonds is 14. The van der Waals surface area contributed by atoms with Crippen molar-refractivity contribution in [1.82, 2.24) is 0 Å². The monoisotopic (exact) mass is 280 g/mol. The molecule has 0 aromatic rings. The predicted octanol–water partition coefficient (Wildman–Crippen LogP) is 6.04. The maximum absolute atomic E-state index is 8.88. The lowest BCUT2D eigenvalue weighted by molar-refractivity contribution is 0.262. The van der Waals surface area contributed by atoms with Gasteiger partial charge in [-0.05, 0) is 38.0 Å². The van der Waals surface area contributed by atoms with Gasteiger partial charge in [0.05, 0.1) is 0 Å². The first-order valence-corrected chi connectivity index (χ1v) is 8.73. The zero-order valence-corrected chi connectivity index (χ0v) is 13.8. The van der Waals surface area contributed by atoms with Crippen LogP contribution in [0.2, 0.25) is 0 Å². The van der Waals surface area contributed by atoms with E-state index in [-0.39, 0.29) is 6.61 Å². The van der Waals surface area contributed by atoms with Crippen LogP contribution in [0.15, 0.2) is 24.3 Å². The maximum Gasteiger partial charge on any atom is 0.0491 e. The summed E-state index contributed by atoms with van der Waals surface area (Å²) in [4.78, 5) is 0. The molecule has 0 bridgehead atoms. The van der Waals surface area contributed by atoms with E-state index < -0.39 is 0 Å². The second-order valence-corrected chi connectivity index (χ2v) is 5.90. The molecule has 1 unspecified atom stereocenters. The lowest BCUT2D eigenvalue weighted by Crippen LogP contribution is -1.94. The van der Waals surface area contributed by atoms with Gasteiger partial charge in [0.15, 0.2) is 0 Å². The number of unbranched alkanes of at least 4 members (excludes halogenated alkanes) is 9. The zero-order valence-electron chi connectivity index (χ0n) is 13.8. The van der Waals surface area contributed by atoms with Gasteiger partial charge in [0.2, 0.25) is 0 Å². The molecule has 0 aliphatic rings. The molecule has 1 heteroatoms. The van der Waals surface area contributed by atoms with Gasteiger partial charge in [-0.3, -0.25) is 0 Å². The number of allylic oxidation sites excluding steroid dienone is 3. The number of aliphatic hydroxyl groups is 1. The zero-order chi connectivity index (χ0) is 14.9. The van der Waals surface area contributed by atoms with Crippen molar-refractivity contribution in [2.24, 2.45) is 5.92 Å². The summed E-state index contributed by atoms with van der Waals surface area (Å²) < 4.78 is 0. The fraction of sp³-hybridized carbons (Fsp3) is 0.789. The minimum atomic E-state index is 0.267. The molecule has 1 atom stereocenters. The van der Waals surface area contributed by atoms with Crippen molar-refractivity contribution in [1.29, 1.82) is 0 Å². The summed E-state index contributed by atoms with van der Waals surface area (Å²) in [5, 5.41) is 8.88. The van der Waals surface area contributed by atoms with Gasteiger partial charge in [-0.1, -0.05) is 76.7 Å². The Morgan fingerprint density at radius 3 is 1.80 bits per heavy atom. The highest BCUT2D eigenvalue weighted by Gasteiger charge is 1.92. The Labute approximate surface area is 127 Å². The second-order valence-electron chi connectivity index (χ2n) is 5.90. The molecule has 0 aliphatic heterocycles. The Morgan fingerprint density at radius 2 is 1.25 bits per heavy atom. The summed E-state index contributed by atoms with van der Waals surface area (Å²) in [6.45, 7) is 4.56. The lowest BCUT2D eigenvalue weighted by Gasteiger charge is -2.00. The van der Waals surface area contributed by atoms with Crippen LogP contribution in [0.1, 0.15) is 84.5 Å². The van der Waals surface area contributed by atoms with E-state index >= 15 is 0 Å². The van der Waals surface area contributed by atoms with Gasteiger partial charge in [-0.25, -0.2) is 0 Å². The van der Waals surface area contributed by atoms with Crippen LogP contribution in [-0.4, -0.2) is 11.7 Å².